The van der Waals surface area contributed by atoms with E-state index in [2.05, 4.69) is 4.98 Å². The van der Waals surface area contributed by atoms with Crippen LogP contribution < -0.4 is 0 Å². The van der Waals surface area contributed by atoms with E-state index in [1.54, 1.807) is 11.8 Å². The van der Waals surface area contributed by atoms with E-state index in [4.69, 9.17) is 5.11 Å². The van der Waals surface area contributed by atoms with Crippen molar-refractivity contribution in [3.63, 3.8) is 0 Å². The Morgan fingerprint density at radius 3 is 2.55 bits per heavy atom. The van der Waals surface area contributed by atoms with Gasteiger partial charge in [0.2, 0.25) is 0 Å². The summed E-state index contributed by atoms with van der Waals surface area (Å²) >= 11 is 2.89. The first-order valence-corrected chi connectivity index (χ1v) is 11.1. The first kappa shape index (κ1) is 23.3. The number of aromatic nitrogens is 1. The van der Waals surface area contributed by atoms with Crippen LogP contribution in [0.5, 0.6) is 0 Å². The Morgan fingerprint density at radius 2 is 1.90 bits per heavy atom. The molecule has 3 nitrogen and oxygen atoms in total. The van der Waals surface area contributed by atoms with Gasteiger partial charge in [-0.15, -0.1) is 23.1 Å². The summed E-state index contributed by atoms with van der Waals surface area (Å²) in [7, 11) is 0. The molecular formula is C22H19F4NO2S2. The van der Waals surface area contributed by atoms with Crippen molar-refractivity contribution in [2.45, 2.75) is 43.5 Å². The molecule has 1 heterocycles. The van der Waals surface area contributed by atoms with Crippen LogP contribution in [0.1, 0.15) is 33.7 Å². The number of benzene rings is 2. The highest BCUT2D eigenvalue weighted by Crippen LogP contribution is 2.36. The van der Waals surface area contributed by atoms with E-state index in [9.17, 15) is 22.4 Å². The fourth-order valence-corrected chi connectivity index (χ4v) is 5.29. The molecule has 0 atom stereocenters. The van der Waals surface area contributed by atoms with Gasteiger partial charge in [-0.05, 0) is 55.7 Å². The minimum Gasteiger partial charge on any atom is -0.481 e. The maximum absolute atomic E-state index is 13.9. The van der Waals surface area contributed by atoms with Crippen LogP contribution in [0.4, 0.5) is 17.6 Å². The van der Waals surface area contributed by atoms with Gasteiger partial charge >= 0.3 is 12.1 Å². The number of rotatable bonds is 7. The third kappa shape index (κ3) is 6.07. The van der Waals surface area contributed by atoms with E-state index >= 15 is 0 Å². The molecule has 0 radical (unpaired) electrons. The third-order valence-electron chi connectivity index (χ3n) is 4.52. The molecule has 0 spiro atoms. The number of carboxylic acids is 1. The third-order valence-corrected chi connectivity index (χ3v) is 6.91. The van der Waals surface area contributed by atoms with Crippen LogP contribution in [0.25, 0.3) is 10.6 Å². The summed E-state index contributed by atoms with van der Waals surface area (Å²) in [6.07, 6.45) is -4.22. The Morgan fingerprint density at radius 1 is 1.16 bits per heavy atom. The Hall–Kier alpha value is -2.39. The summed E-state index contributed by atoms with van der Waals surface area (Å²) in [5.41, 5.74) is 1.74. The fraction of sp³-hybridized carbons (Fsp3) is 0.273. The molecule has 164 valence electrons. The SMILES string of the molecule is Cc1cc(CCC(=O)O)cc(SCc2sc(-c3ccc(C(F)(F)F)c(F)c3)nc2C)c1. The number of aliphatic carboxylic acids is 1. The molecule has 31 heavy (non-hydrogen) atoms. The van der Waals surface area contributed by atoms with Crippen LogP contribution in [0.3, 0.4) is 0 Å². The number of carbonyl (C=O) groups is 1. The van der Waals surface area contributed by atoms with E-state index in [0.717, 1.165) is 38.7 Å². The summed E-state index contributed by atoms with van der Waals surface area (Å²) in [4.78, 5) is 17.1. The van der Waals surface area contributed by atoms with E-state index in [1.807, 2.05) is 32.0 Å². The second kappa shape index (κ2) is 9.40. The quantitative estimate of drug-likeness (QED) is 0.302. The second-order valence-corrected chi connectivity index (χ2v) is 9.19. The van der Waals surface area contributed by atoms with Crippen molar-refractivity contribution >= 4 is 29.1 Å². The van der Waals surface area contributed by atoms with Crippen LogP contribution in [-0.4, -0.2) is 16.1 Å². The minimum absolute atomic E-state index is 0.0640. The lowest BCUT2D eigenvalue weighted by atomic mass is 10.1. The predicted molar refractivity (Wildman–Crippen MR) is 114 cm³/mol. The summed E-state index contributed by atoms with van der Waals surface area (Å²) in [6.45, 7) is 3.76. The molecular weight excluding hydrogens is 450 g/mol. The molecule has 0 aliphatic carbocycles. The molecule has 0 saturated carbocycles. The van der Waals surface area contributed by atoms with E-state index in [1.165, 1.54) is 17.4 Å². The molecule has 1 N–H and O–H groups in total. The number of nitrogens with zero attached hydrogens (tertiary/aromatic N) is 1. The first-order valence-electron chi connectivity index (χ1n) is 9.31. The largest absolute Gasteiger partial charge is 0.481 e. The van der Waals surface area contributed by atoms with E-state index in [0.29, 0.717) is 22.7 Å². The number of thioether (sulfide) groups is 1. The van der Waals surface area contributed by atoms with Gasteiger partial charge in [0.05, 0.1) is 11.3 Å². The lowest BCUT2D eigenvalue weighted by molar-refractivity contribution is -0.140. The molecule has 0 amide bonds. The Kier molecular flexibility index (Phi) is 7.06. The highest BCUT2D eigenvalue weighted by atomic mass is 32.2. The Labute approximate surface area is 185 Å². The normalized spacial score (nSPS) is 11.7. The number of thiazole rings is 1. The highest BCUT2D eigenvalue weighted by molar-refractivity contribution is 7.98. The zero-order valence-corrected chi connectivity index (χ0v) is 18.3. The topological polar surface area (TPSA) is 50.2 Å². The van der Waals surface area contributed by atoms with Crippen molar-refractivity contribution in [3.05, 3.63) is 69.5 Å². The van der Waals surface area contributed by atoms with Crippen molar-refractivity contribution in [3.8, 4) is 10.6 Å². The molecule has 0 aliphatic rings. The number of aryl methyl sites for hydroxylation is 3. The maximum Gasteiger partial charge on any atom is 0.419 e. The van der Waals surface area contributed by atoms with Crippen molar-refractivity contribution in [2.75, 3.05) is 0 Å². The number of alkyl halides is 3. The number of hydrogen-bond donors (Lipinski definition) is 1. The summed E-state index contributed by atoms with van der Waals surface area (Å²) in [5, 5.41) is 9.34. The Bertz CT molecular complexity index is 1110. The number of hydrogen-bond acceptors (Lipinski definition) is 4. The summed E-state index contributed by atoms with van der Waals surface area (Å²) < 4.78 is 52.2. The van der Waals surface area contributed by atoms with Crippen LogP contribution in [-0.2, 0) is 23.1 Å². The smallest absolute Gasteiger partial charge is 0.419 e. The maximum atomic E-state index is 13.9. The predicted octanol–water partition coefficient (Wildman–Crippen LogP) is 6.89. The molecule has 9 heteroatoms. The zero-order chi connectivity index (χ0) is 22.8. The first-order chi connectivity index (χ1) is 14.5. The van der Waals surface area contributed by atoms with E-state index < -0.39 is 23.5 Å². The lowest BCUT2D eigenvalue weighted by Crippen LogP contribution is -2.07. The molecule has 3 rings (SSSR count). The molecule has 0 bridgehead atoms. The van der Waals surface area contributed by atoms with Crippen LogP contribution in [0.15, 0.2) is 41.3 Å². The van der Waals surface area contributed by atoms with Gasteiger partial charge in [0.25, 0.3) is 0 Å². The van der Waals surface area contributed by atoms with Gasteiger partial charge < -0.3 is 5.11 Å². The van der Waals surface area contributed by atoms with Gasteiger partial charge in [0.15, 0.2) is 0 Å². The van der Waals surface area contributed by atoms with Gasteiger partial charge in [0, 0.05) is 27.5 Å². The van der Waals surface area contributed by atoms with Crippen LogP contribution in [0, 0.1) is 19.7 Å². The fourth-order valence-electron chi connectivity index (χ4n) is 3.02. The zero-order valence-electron chi connectivity index (χ0n) is 16.7. The van der Waals surface area contributed by atoms with Gasteiger partial charge in [-0.2, -0.15) is 13.2 Å². The van der Waals surface area contributed by atoms with Crippen LogP contribution in [0.2, 0.25) is 0 Å². The second-order valence-electron chi connectivity index (χ2n) is 7.06. The average Bonchev–Trinajstić information content (AvgIpc) is 3.04. The van der Waals surface area contributed by atoms with Crippen molar-refractivity contribution in [1.29, 1.82) is 0 Å². The standard InChI is InChI=1S/C22H19F4NO2S2/c1-12-7-14(3-6-20(28)29)9-16(8-12)30-11-19-13(2)27-21(31-19)15-4-5-17(18(23)10-15)22(24,25)26/h4-5,7-10H,3,6,11H2,1-2H3,(H,28,29). The monoisotopic (exact) mass is 469 g/mol. The van der Waals surface area contributed by atoms with Gasteiger partial charge in [0.1, 0.15) is 10.8 Å². The average molecular weight is 470 g/mol. The number of halogens is 4. The van der Waals surface area contributed by atoms with Crippen molar-refractivity contribution in [2.24, 2.45) is 0 Å². The molecule has 2 aromatic carbocycles. The van der Waals surface area contributed by atoms with Gasteiger partial charge in [-0.3, -0.25) is 4.79 Å². The molecule has 0 unspecified atom stereocenters. The molecule has 0 saturated heterocycles. The molecule has 1 aromatic heterocycles. The van der Waals surface area contributed by atoms with Crippen molar-refractivity contribution < 1.29 is 27.5 Å². The molecule has 0 aliphatic heterocycles. The Balaban J connectivity index is 1.75. The van der Waals surface area contributed by atoms with Crippen molar-refractivity contribution in [1.82, 2.24) is 4.98 Å². The minimum atomic E-state index is -4.74. The highest BCUT2D eigenvalue weighted by Gasteiger charge is 2.34. The lowest BCUT2D eigenvalue weighted by Gasteiger charge is -2.08. The molecule has 0 fully saturated rings. The number of carboxylic acid groups (broad SMARTS) is 1. The van der Waals surface area contributed by atoms with E-state index in [-0.39, 0.29) is 6.42 Å². The summed E-state index contributed by atoms with van der Waals surface area (Å²) in [6, 6.07) is 8.77. The van der Waals surface area contributed by atoms with Crippen LogP contribution >= 0.6 is 23.1 Å². The summed E-state index contributed by atoms with van der Waals surface area (Å²) in [5.74, 6) is -1.57. The van der Waals surface area contributed by atoms with Gasteiger partial charge in [-0.1, -0.05) is 12.1 Å². The van der Waals surface area contributed by atoms with Gasteiger partial charge in [-0.25, -0.2) is 9.37 Å². The molecule has 3 aromatic rings.